The predicted molar refractivity (Wildman–Crippen MR) is 96.8 cm³/mol. The van der Waals surface area contributed by atoms with E-state index >= 15 is 0 Å². The Morgan fingerprint density at radius 1 is 1.24 bits per heavy atom. The van der Waals surface area contributed by atoms with Crippen LogP contribution in [-0.4, -0.2) is 57.4 Å². The van der Waals surface area contributed by atoms with Crippen LogP contribution in [0.5, 0.6) is 0 Å². The van der Waals surface area contributed by atoms with Gasteiger partial charge in [-0.05, 0) is 37.0 Å². The van der Waals surface area contributed by atoms with E-state index in [1.165, 1.54) is 11.3 Å². The van der Waals surface area contributed by atoms with Gasteiger partial charge < -0.3 is 9.47 Å². The summed E-state index contributed by atoms with van der Waals surface area (Å²) >= 11 is 0. The van der Waals surface area contributed by atoms with Gasteiger partial charge in [0, 0.05) is 59.4 Å². The first-order valence-electron chi connectivity index (χ1n) is 8.78. The van der Waals surface area contributed by atoms with E-state index in [9.17, 15) is 4.79 Å². The monoisotopic (exact) mass is 341 g/mol. The maximum atomic E-state index is 12.8. The molecule has 0 radical (unpaired) electrons. The van der Waals surface area contributed by atoms with Crippen molar-refractivity contribution in [2.75, 3.05) is 27.2 Å². The first-order valence-corrected chi connectivity index (χ1v) is 8.78. The van der Waals surface area contributed by atoms with Crippen molar-refractivity contribution in [1.29, 1.82) is 0 Å². The Hall–Kier alpha value is -2.21. The summed E-state index contributed by atoms with van der Waals surface area (Å²) in [6.07, 6.45) is 10.3. The highest BCUT2D eigenvalue weighted by Gasteiger charge is 2.49. The first kappa shape index (κ1) is 17.6. The third-order valence-electron chi connectivity index (χ3n) is 5.08. The van der Waals surface area contributed by atoms with Crippen molar-refractivity contribution in [3.05, 3.63) is 48.3 Å². The lowest BCUT2D eigenvalue weighted by atomic mass is 9.74. The molecule has 0 N–H and O–H groups in total. The SMILES string of the molecule is CN(C)C(=O)C1(CCCc2ccncc2)CN(Cc2cncn2C)C1. The third-order valence-corrected chi connectivity index (χ3v) is 5.08. The second kappa shape index (κ2) is 7.35. The number of likely N-dealkylation sites (tertiary alicyclic amines) is 1. The summed E-state index contributed by atoms with van der Waals surface area (Å²) in [5, 5.41) is 0. The second-order valence-corrected chi connectivity index (χ2v) is 7.33. The Morgan fingerprint density at radius 3 is 2.56 bits per heavy atom. The van der Waals surface area contributed by atoms with Crippen molar-refractivity contribution < 1.29 is 4.79 Å². The minimum atomic E-state index is -0.241. The van der Waals surface area contributed by atoms with E-state index in [1.807, 2.05) is 50.6 Å². The van der Waals surface area contributed by atoms with Gasteiger partial charge in [0.15, 0.2) is 0 Å². The molecule has 0 aromatic carbocycles. The molecule has 25 heavy (non-hydrogen) atoms. The number of hydrogen-bond acceptors (Lipinski definition) is 4. The van der Waals surface area contributed by atoms with Crippen LogP contribution >= 0.6 is 0 Å². The van der Waals surface area contributed by atoms with Gasteiger partial charge in [0.2, 0.25) is 5.91 Å². The fourth-order valence-electron chi connectivity index (χ4n) is 3.74. The molecule has 0 atom stereocenters. The Kier molecular flexibility index (Phi) is 5.18. The lowest BCUT2D eigenvalue weighted by Crippen LogP contribution is -2.62. The van der Waals surface area contributed by atoms with Gasteiger partial charge >= 0.3 is 0 Å². The number of amides is 1. The average Bonchev–Trinajstić information content (AvgIpc) is 2.97. The minimum absolute atomic E-state index is 0.241. The van der Waals surface area contributed by atoms with Crippen LogP contribution in [-0.2, 0) is 24.8 Å². The van der Waals surface area contributed by atoms with Crippen molar-refractivity contribution in [1.82, 2.24) is 24.3 Å². The molecule has 134 valence electrons. The lowest BCUT2D eigenvalue weighted by Gasteiger charge is -2.50. The van der Waals surface area contributed by atoms with Crippen molar-refractivity contribution in [2.45, 2.75) is 25.8 Å². The molecule has 0 bridgehead atoms. The van der Waals surface area contributed by atoms with Crippen LogP contribution in [0.4, 0.5) is 0 Å². The molecule has 1 fully saturated rings. The number of imidazole rings is 1. The number of pyridine rings is 1. The Morgan fingerprint density at radius 2 is 1.96 bits per heavy atom. The molecular weight excluding hydrogens is 314 g/mol. The van der Waals surface area contributed by atoms with E-state index < -0.39 is 0 Å². The average molecular weight is 341 g/mol. The van der Waals surface area contributed by atoms with Gasteiger partial charge in [-0.15, -0.1) is 0 Å². The number of rotatable bonds is 7. The molecule has 6 nitrogen and oxygen atoms in total. The van der Waals surface area contributed by atoms with Crippen molar-refractivity contribution in [3.63, 3.8) is 0 Å². The minimum Gasteiger partial charge on any atom is -0.348 e. The molecule has 2 aromatic heterocycles. The van der Waals surface area contributed by atoms with Crippen LogP contribution in [0.3, 0.4) is 0 Å². The molecule has 1 aliphatic heterocycles. The summed E-state index contributed by atoms with van der Waals surface area (Å²) in [7, 11) is 5.72. The molecule has 1 aliphatic rings. The van der Waals surface area contributed by atoms with Crippen molar-refractivity contribution in [2.24, 2.45) is 12.5 Å². The normalized spacial score (nSPS) is 16.4. The number of carbonyl (C=O) groups excluding carboxylic acids is 1. The van der Waals surface area contributed by atoms with Crippen molar-refractivity contribution in [3.8, 4) is 0 Å². The molecular formula is C19H27N5O. The predicted octanol–water partition coefficient (Wildman–Crippen LogP) is 1.73. The molecule has 0 aliphatic carbocycles. The van der Waals surface area contributed by atoms with Gasteiger partial charge in [-0.25, -0.2) is 4.98 Å². The molecule has 6 heteroatoms. The quantitative estimate of drug-likeness (QED) is 0.770. The number of aryl methyl sites for hydroxylation is 2. The van der Waals surface area contributed by atoms with E-state index in [-0.39, 0.29) is 11.3 Å². The van der Waals surface area contributed by atoms with E-state index in [1.54, 1.807) is 4.90 Å². The van der Waals surface area contributed by atoms with E-state index in [0.29, 0.717) is 0 Å². The van der Waals surface area contributed by atoms with Crippen LogP contribution in [0.2, 0.25) is 0 Å². The summed E-state index contributed by atoms with van der Waals surface area (Å²) in [5.74, 6) is 0.253. The Labute approximate surface area is 149 Å². The Bertz CT molecular complexity index is 704. The maximum absolute atomic E-state index is 12.8. The zero-order chi connectivity index (χ0) is 17.9. The van der Waals surface area contributed by atoms with Crippen LogP contribution in [0, 0.1) is 5.41 Å². The number of hydrogen-bond donors (Lipinski definition) is 0. The smallest absolute Gasteiger partial charge is 0.230 e. The molecule has 0 unspecified atom stereocenters. The van der Waals surface area contributed by atoms with Crippen LogP contribution < -0.4 is 0 Å². The number of nitrogens with zero attached hydrogens (tertiary/aromatic N) is 5. The topological polar surface area (TPSA) is 54.3 Å². The molecule has 3 rings (SSSR count). The van der Waals surface area contributed by atoms with Crippen LogP contribution in [0.15, 0.2) is 37.1 Å². The lowest BCUT2D eigenvalue weighted by molar-refractivity contribution is -0.152. The highest BCUT2D eigenvalue weighted by molar-refractivity contribution is 5.83. The number of aromatic nitrogens is 3. The summed E-state index contributed by atoms with van der Waals surface area (Å²) in [6.45, 7) is 2.50. The highest BCUT2D eigenvalue weighted by atomic mass is 16.2. The maximum Gasteiger partial charge on any atom is 0.230 e. The van der Waals surface area contributed by atoms with Crippen molar-refractivity contribution >= 4 is 5.91 Å². The van der Waals surface area contributed by atoms with E-state index in [0.717, 1.165) is 38.9 Å². The molecule has 2 aromatic rings. The third kappa shape index (κ3) is 3.90. The fourth-order valence-corrected chi connectivity index (χ4v) is 3.74. The van der Waals surface area contributed by atoms with Gasteiger partial charge in [-0.2, -0.15) is 0 Å². The second-order valence-electron chi connectivity index (χ2n) is 7.33. The van der Waals surface area contributed by atoms with Gasteiger partial charge in [0.1, 0.15) is 0 Å². The molecule has 0 saturated carbocycles. The first-order chi connectivity index (χ1) is 12.0. The summed E-state index contributed by atoms with van der Waals surface area (Å²) in [4.78, 5) is 25.1. The van der Waals surface area contributed by atoms with Gasteiger partial charge in [-0.3, -0.25) is 14.7 Å². The van der Waals surface area contributed by atoms with Gasteiger partial charge in [-0.1, -0.05) is 0 Å². The summed E-state index contributed by atoms with van der Waals surface area (Å²) in [5.41, 5.74) is 2.23. The zero-order valence-corrected chi connectivity index (χ0v) is 15.4. The Balaban J connectivity index is 1.59. The summed E-state index contributed by atoms with van der Waals surface area (Å²) < 4.78 is 2.04. The molecule has 0 spiro atoms. The summed E-state index contributed by atoms with van der Waals surface area (Å²) in [6, 6.07) is 4.10. The standard InChI is InChI=1S/C19H27N5O/c1-22(2)18(25)19(8-4-5-16-6-9-20-10-7-16)13-24(14-19)12-17-11-21-15-23(17)3/h6-7,9-11,15H,4-5,8,12-14H2,1-3H3. The van der Waals surface area contributed by atoms with Crippen LogP contribution in [0.25, 0.3) is 0 Å². The number of carbonyl (C=O) groups is 1. The van der Waals surface area contributed by atoms with Gasteiger partial charge in [0.05, 0.1) is 17.4 Å². The zero-order valence-electron chi connectivity index (χ0n) is 15.4. The van der Waals surface area contributed by atoms with E-state index in [2.05, 4.69) is 27.0 Å². The van der Waals surface area contributed by atoms with E-state index in [4.69, 9.17) is 0 Å². The van der Waals surface area contributed by atoms with Gasteiger partial charge in [0.25, 0.3) is 0 Å². The molecule has 1 amide bonds. The molecule has 3 heterocycles. The van der Waals surface area contributed by atoms with Crippen LogP contribution in [0.1, 0.15) is 24.1 Å². The highest BCUT2D eigenvalue weighted by Crippen LogP contribution is 2.38. The molecule has 1 saturated heterocycles. The largest absolute Gasteiger partial charge is 0.348 e. The fraction of sp³-hybridized carbons (Fsp3) is 0.526.